The summed E-state index contributed by atoms with van der Waals surface area (Å²) in [5, 5.41) is 5.15. The fourth-order valence-electron chi connectivity index (χ4n) is 3.74. The van der Waals surface area contributed by atoms with Crippen LogP contribution in [-0.2, 0) is 28.7 Å². The number of rotatable bonds is 14. The third-order valence-electron chi connectivity index (χ3n) is 5.64. The number of esters is 1. The van der Waals surface area contributed by atoms with Gasteiger partial charge in [-0.3, -0.25) is 19.2 Å². The Hall–Kier alpha value is -3.89. The van der Waals surface area contributed by atoms with E-state index in [0.29, 0.717) is 17.5 Å². The number of nitrogens with two attached hydrogens (primary N) is 1. The smallest absolute Gasteiger partial charge is 0.408 e. The van der Waals surface area contributed by atoms with E-state index in [9.17, 15) is 24.0 Å². The maximum absolute atomic E-state index is 14.0. The van der Waals surface area contributed by atoms with Gasteiger partial charge in [0.1, 0.15) is 17.7 Å². The number of alkyl carbamates (subject to hydrolysis) is 1. The van der Waals surface area contributed by atoms with Gasteiger partial charge in [-0.15, -0.1) is 0 Å². The zero-order valence-electron chi connectivity index (χ0n) is 23.7. The number of nitrogens with zero attached hydrogens (tertiary/aromatic N) is 1. The lowest BCUT2D eigenvalue weighted by atomic mass is 9.97. The monoisotopic (exact) mass is 546 g/mol. The molecule has 0 radical (unpaired) electrons. The fourth-order valence-corrected chi connectivity index (χ4v) is 3.74. The molecule has 11 heteroatoms. The van der Waals surface area contributed by atoms with Gasteiger partial charge in [-0.05, 0) is 58.2 Å². The van der Waals surface area contributed by atoms with Crippen molar-refractivity contribution < 1.29 is 33.4 Å². The molecule has 0 fully saturated rings. The second kappa shape index (κ2) is 15.5. The molecule has 0 aliphatic heterocycles. The first-order chi connectivity index (χ1) is 18.2. The van der Waals surface area contributed by atoms with Gasteiger partial charge in [-0.2, -0.15) is 0 Å². The second-order valence-corrected chi connectivity index (χ2v) is 9.99. The van der Waals surface area contributed by atoms with Gasteiger partial charge in [-0.25, -0.2) is 4.79 Å². The fraction of sp³-hybridized carbons (Fsp3) is 0.536. The predicted molar refractivity (Wildman–Crippen MR) is 147 cm³/mol. The van der Waals surface area contributed by atoms with Crippen LogP contribution in [0.1, 0.15) is 78.0 Å². The highest BCUT2D eigenvalue weighted by atomic mass is 16.6. The van der Waals surface area contributed by atoms with E-state index in [0.717, 1.165) is 0 Å². The van der Waals surface area contributed by atoms with Gasteiger partial charge >= 0.3 is 12.1 Å². The van der Waals surface area contributed by atoms with E-state index < -0.39 is 59.9 Å². The van der Waals surface area contributed by atoms with Gasteiger partial charge in [0.2, 0.25) is 17.7 Å². The third kappa shape index (κ3) is 11.2. The summed E-state index contributed by atoms with van der Waals surface area (Å²) in [6.45, 7) is 14.2. The number of hydrogen-bond donors (Lipinski definition) is 3. The lowest BCUT2D eigenvalue weighted by molar-refractivity contribution is -0.146. The lowest BCUT2D eigenvalue weighted by Gasteiger charge is -2.38. The second-order valence-electron chi connectivity index (χ2n) is 9.99. The van der Waals surface area contributed by atoms with E-state index in [1.165, 1.54) is 4.90 Å². The summed E-state index contributed by atoms with van der Waals surface area (Å²) >= 11 is 0. The Balaban J connectivity index is 3.52. The van der Waals surface area contributed by atoms with Crippen LogP contribution in [0.5, 0.6) is 0 Å². The molecule has 4 amide bonds. The zero-order chi connectivity index (χ0) is 29.8. The van der Waals surface area contributed by atoms with Crippen molar-refractivity contribution >= 4 is 35.9 Å². The number of carbonyl (C=O) groups excluding carboxylic acids is 5. The molecule has 1 aromatic rings. The number of hydrogen-bond acceptors (Lipinski definition) is 7. The Morgan fingerprint density at radius 1 is 1.15 bits per heavy atom. The van der Waals surface area contributed by atoms with Crippen molar-refractivity contribution in [1.82, 2.24) is 15.5 Å². The number of ether oxygens (including phenoxy) is 2. The topological polar surface area (TPSA) is 157 Å². The van der Waals surface area contributed by atoms with E-state index in [1.807, 2.05) is 6.92 Å². The summed E-state index contributed by atoms with van der Waals surface area (Å²) < 4.78 is 10.2. The molecule has 0 saturated heterocycles. The molecular formula is C28H42N4O7. The number of benzene rings is 1. The molecule has 0 bridgehead atoms. The van der Waals surface area contributed by atoms with Crippen molar-refractivity contribution in [3.63, 3.8) is 0 Å². The molecule has 0 spiro atoms. The minimum atomic E-state index is -1.39. The molecule has 4 N–H and O–H groups in total. The van der Waals surface area contributed by atoms with Crippen molar-refractivity contribution in [2.24, 2.45) is 5.73 Å². The average Bonchev–Trinajstić information content (AvgIpc) is 2.84. The molecule has 39 heavy (non-hydrogen) atoms. The standard InChI is InChI=1S/C28H42N4O7/c1-8-18(4)32(26(36)21(17-22(29)33)31-27(37)39-28(5,6)7)24(20-13-11-12-19(9-2)16-20)25(35)30-15-14-23(34)38-10-3/h9,11-13,16,18,21,24H,2,8,10,14-15,17H2,1,3-7H3,(H2,29,33)(H,30,35)(H,31,37). The normalized spacial score (nSPS) is 13.3. The van der Waals surface area contributed by atoms with Gasteiger partial charge in [0, 0.05) is 12.6 Å². The van der Waals surface area contributed by atoms with Gasteiger partial charge in [0.15, 0.2) is 0 Å². The van der Waals surface area contributed by atoms with Crippen LogP contribution >= 0.6 is 0 Å². The molecule has 216 valence electrons. The van der Waals surface area contributed by atoms with Crippen LogP contribution < -0.4 is 16.4 Å². The third-order valence-corrected chi connectivity index (χ3v) is 5.64. The van der Waals surface area contributed by atoms with Crippen molar-refractivity contribution in [1.29, 1.82) is 0 Å². The van der Waals surface area contributed by atoms with Crippen molar-refractivity contribution in [2.45, 2.75) is 84.5 Å². The molecule has 1 rings (SSSR count). The highest BCUT2D eigenvalue weighted by molar-refractivity contribution is 5.94. The van der Waals surface area contributed by atoms with Crippen molar-refractivity contribution in [2.75, 3.05) is 13.2 Å². The summed E-state index contributed by atoms with van der Waals surface area (Å²) in [5.74, 6) is -2.54. The largest absolute Gasteiger partial charge is 0.466 e. The summed E-state index contributed by atoms with van der Waals surface area (Å²) in [4.78, 5) is 65.2. The predicted octanol–water partition coefficient (Wildman–Crippen LogP) is 2.84. The van der Waals surface area contributed by atoms with Gasteiger partial charge in [0.25, 0.3) is 0 Å². The molecular weight excluding hydrogens is 504 g/mol. The quantitative estimate of drug-likeness (QED) is 0.303. The highest BCUT2D eigenvalue weighted by Crippen LogP contribution is 2.27. The Morgan fingerprint density at radius 2 is 1.82 bits per heavy atom. The molecule has 1 aromatic carbocycles. The van der Waals surface area contributed by atoms with Gasteiger partial charge in [0.05, 0.1) is 19.4 Å². The highest BCUT2D eigenvalue weighted by Gasteiger charge is 2.39. The number of primary amides is 1. The first-order valence-electron chi connectivity index (χ1n) is 13.0. The number of amides is 4. The summed E-state index contributed by atoms with van der Waals surface area (Å²) in [6, 6.07) is 3.88. The maximum atomic E-state index is 14.0. The first-order valence-corrected chi connectivity index (χ1v) is 13.0. The summed E-state index contributed by atoms with van der Waals surface area (Å²) in [6.07, 6.45) is 0.592. The SMILES string of the molecule is C=Cc1cccc(C(C(=O)NCCC(=O)OCC)N(C(=O)C(CC(N)=O)NC(=O)OC(C)(C)C)C(C)CC)c1. The molecule has 3 atom stereocenters. The Kier molecular flexibility index (Phi) is 13.2. The average molecular weight is 547 g/mol. The van der Waals surface area contributed by atoms with Crippen molar-refractivity contribution in [3.8, 4) is 0 Å². The Labute approximate surface area is 230 Å². The minimum absolute atomic E-state index is 0.0152. The molecule has 11 nitrogen and oxygen atoms in total. The molecule has 0 aliphatic rings. The van der Waals surface area contributed by atoms with Crippen LogP contribution in [0.15, 0.2) is 30.8 Å². The number of carbonyl (C=O) groups is 5. The van der Waals surface area contributed by atoms with Crippen LogP contribution in [0, 0.1) is 0 Å². The molecule has 3 unspecified atom stereocenters. The number of nitrogens with one attached hydrogen (secondary N) is 2. The molecule has 0 saturated carbocycles. The van der Waals surface area contributed by atoms with Crippen LogP contribution in [-0.4, -0.2) is 65.5 Å². The van der Waals surface area contributed by atoms with E-state index in [-0.39, 0.29) is 19.6 Å². The Bertz CT molecular complexity index is 1030. The van der Waals surface area contributed by atoms with Gasteiger partial charge < -0.3 is 30.7 Å². The maximum Gasteiger partial charge on any atom is 0.408 e. The molecule has 0 heterocycles. The van der Waals surface area contributed by atoms with Crippen molar-refractivity contribution in [3.05, 3.63) is 42.0 Å². The molecule has 0 aliphatic carbocycles. The van der Waals surface area contributed by atoms with Crippen LogP contribution in [0.25, 0.3) is 6.08 Å². The Morgan fingerprint density at radius 3 is 2.36 bits per heavy atom. The van der Waals surface area contributed by atoms with E-state index >= 15 is 0 Å². The van der Waals surface area contributed by atoms with E-state index in [4.69, 9.17) is 15.2 Å². The van der Waals surface area contributed by atoms with Crippen LogP contribution in [0.4, 0.5) is 4.79 Å². The minimum Gasteiger partial charge on any atom is -0.466 e. The lowest BCUT2D eigenvalue weighted by Crippen LogP contribution is -2.56. The van der Waals surface area contributed by atoms with Crippen LogP contribution in [0.2, 0.25) is 0 Å². The van der Waals surface area contributed by atoms with Gasteiger partial charge in [-0.1, -0.05) is 37.8 Å². The van der Waals surface area contributed by atoms with E-state index in [2.05, 4.69) is 17.2 Å². The first kappa shape index (κ1) is 33.1. The van der Waals surface area contributed by atoms with Crippen LogP contribution in [0.3, 0.4) is 0 Å². The van der Waals surface area contributed by atoms with E-state index in [1.54, 1.807) is 65.0 Å². The zero-order valence-corrected chi connectivity index (χ0v) is 23.7. The summed E-state index contributed by atoms with van der Waals surface area (Å²) in [5.41, 5.74) is 5.75. The summed E-state index contributed by atoms with van der Waals surface area (Å²) in [7, 11) is 0. The molecule has 0 aromatic heterocycles.